The molecule has 1 fully saturated rings. The molecule has 1 saturated heterocycles. The van der Waals surface area contributed by atoms with E-state index in [2.05, 4.69) is 40.4 Å². The number of likely N-dealkylation sites (tertiary alicyclic amines) is 1. The second-order valence-corrected chi connectivity index (χ2v) is 8.34. The Balaban J connectivity index is 1.48. The van der Waals surface area contributed by atoms with Crippen LogP contribution in [0.1, 0.15) is 53.7 Å². The number of carbonyl (C=O) groups is 1. The van der Waals surface area contributed by atoms with Gasteiger partial charge in [0.15, 0.2) is 0 Å². The van der Waals surface area contributed by atoms with Crippen LogP contribution in [0.2, 0.25) is 0 Å². The van der Waals surface area contributed by atoms with Crippen LogP contribution in [0.3, 0.4) is 0 Å². The summed E-state index contributed by atoms with van der Waals surface area (Å²) < 4.78 is 5.48. The molecule has 2 aromatic rings. The molecule has 0 bridgehead atoms. The maximum atomic E-state index is 12.8. The van der Waals surface area contributed by atoms with Crippen molar-refractivity contribution in [2.24, 2.45) is 0 Å². The SMILES string of the molecule is CCOc1ccc(C(=O)NC[C@H](c2ccc3c(c2)CCCN3C)N2CCCC2)cc1. The lowest BCUT2D eigenvalue weighted by atomic mass is 9.96. The Bertz CT molecular complexity index is 859. The summed E-state index contributed by atoms with van der Waals surface area (Å²) in [6.07, 6.45) is 4.81. The molecule has 2 aromatic carbocycles. The highest BCUT2D eigenvalue weighted by Gasteiger charge is 2.25. The lowest BCUT2D eigenvalue weighted by molar-refractivity contribution is 0.0938. The Morgan fingerprint density at radius 3 is 2.57 bits per heavy atom. The number of ether oxygens (including phenoxy) is 1. The second kappa shape index (κ2) is 9.52. The van der Waals surface area contributed by atoms with E-state index in [1.54, 1.807) is 0 Å². The number of benzene rings is 2. The van der Waals surface area contributed by atoms with E-state index in [1.807, 2.05) is 31.2 Å². The van der Waals surface area contributed by atoms with Crippen molar-refractivity contribution < 1.29 is 9.53 Å². The molecule has 1 N–H and O–H groups in total. The van der Waals surface area contributed by atoms with Crippen LogP contribution >= 0.6 is 0 Å². The van der Waals surface area contributed by atoms with Crippen molar-refractivity contribution in [3.05, 3.63) is 59.2 Å². The minimum atomic E-state index is -0.0278. The predicted molar refractivity (Wildman–Crippen MR) is 122 cm³/mol. The minimum Gasteiger partial charge on any atom is -0.494 e. The van der Waals surface area contributed by atoms with E-state index in [0.29, 0.717) is 18.7 Å². The van der Waals surface area contributed by atoms with E-state index in [9.17, 15) is 4.79 Å². The molecule has 0 unspecified atom stereocenters. The summed E-state index contributed by atoms with van der Waals surface area (Å²) >= 11 is 0. The zero-order valence-electron chi connectivity index (χ0n) is 18.2. The Morgan fingerprint density at radius 1 is 1.07 bits per heavy atom. The number of carbonyl (C=O) groups excluding carboxylic acids is 1. The van der Waals surface area contributed by atoms with Crippen LogP contribution in [0.4, 0.5) is 5.69 Å². The molecule has 0 saturated carbocycles. The third-order valence-electron chi connectivity index (χ3n) is 6.30. The van der Waals surface area contributed by atoms with Gasteiger partial charge in [0.25, 0.3) is 5.91 Å². The van der Waals surface area contributed by atoms with Crippen molar-refractivity contribution in [1.29, 1.82) is 0 Å². The normalized spacial score (nSPS) is 17.5. The maximum absolute atomic E-state index is 12.8. The van der Waals surface area contributed by atoms with Gasteiger partial charge < -0.3 is 15.0 Å². The molecule has 0 spiro atoms. The molecule has 2 aliphatic rings. The third kappa shape index (κ3) is 4.62. The lowest BCUT2D eigenvalue weighted by Crippen LogP contribution is -2.37. The fraction of sp³-hybridized carbons (Fsp3) is 0.480. The van der Waals surface area contributed by atoms with Gasteiger partial charge in [-0.05, 0) is 87.2 Å². The first-order chi connectivity index (χ1) is 14.7. The first-order valence-corrected chi connectivity index (χ1v) is 11.2. The monoisotopic (exact) mass is 407 g/mol. The molecular weight excluding hydrogens is 374 g/mol. The van der Waals surface area contributed by atoms with Gasteiger partial charge in [0.2, 0.25) is 0 Å². The van der Waals surface area contributed by atoms with Crippen LogP contribution in [0, 0.1) is 0 Å². The number of amides is 1. The van der Waals surface area contributed by atoms with Gasteiger partial charge in [-0.3, -0.25) is 9.69 Å². The van der Waals surface area contributed by atoms with Crippen molar-refractivity contribution in [2.45, 2.75) is 38.6 Å². The van der Waals surface area contributed by atoms with Gasteiger partial charge in [-0.2, -0.15) is 0 Å². The molecule has 0 radical (unpaired) electrons. The van der Waals surface area contributed by atoms with E-state index in [0.717, 1.165) is 31.8 Å². The second-order valence-electron chi connectivity index (χ2n) is 8.34. The average molecular weight is 408 g/mol. The van der Waals surface area contributed by atoms with Crippen molar-refractivity contribution in [3.63, 3.8) is 0 Å². The van der Waals surface area contributed by atoms with Crippen LogP contribution in [-0.4, -0.2) is 50.6 Å². The summed E-state index contributed by atoms with van der Waals surface area (Å²) in [5, 5.41) is 3.18. The van der Waals surface area contributed by atoms with E-state index >= 15 is 0 Å². The molecule has 4 rings (SSSR count). The first-order valence-electron chi connectivity index (χ1n) is 11.2. The summed E-state index contributed by atoms with van der Waals surface area (Å²) in [6, 6.07) is 14.5. The van der Waals surface area contributed by atoms with Gasteiger partial charge in [0, 0.05) is 31.4 Å². The largest absolute Gasteiger partial charge is 0.494 e. The Kier molecular flexibility index (Phi) is 6.58. The van der Waals surface area contributed by atoms with Crippen molar-refractivity contribution >= 4 is 11.6 Å². The van der Waals surface area contributed by atoms with Crippen LogP contribution in [0.25, 0.3) is 0 Å². The molecule has 2 heterocycles. The quantitative estimate of drug-likeness (QED) is 0.753. The zero-order chi connectivity index (χ0) is 20.9. The molecule has 0 aromatic heterocycles. The van der Waals surface area contributed by atoms with E-state index in [1.165, 1.54) is 36.1 Å². The fourth-order valence-corrected chi connectivity index (χ4v) is 4.68. The number of nitrogens with zero attached hydrogens (tertiary/aromatic N) is 2. The molecule has 5 nitrogen and oxygen atoms in total. The van der Waals surface area contributed by atoms with Gasteiger partial charge in [-0.15, -0.1) is 0 Å². The highest BCUT2D eigenvalue weighted by atomic mass is 16.5. The number of rotatable bonds is 7. The molecule has 30 heavy (non-hydrogen) atoms. The number of nitrogens with one attached hydrogen (secondary N) is 1. The van der Waals surface area contributed by atoms with Crippen LogP contribution < -0.4 is 15.0 Å². The molecule has 1 atom stereocenters. The first kappa shape index (κ1) is 20.7. The topological polar surface area (TPSA) is 44.8 Å². The molecule has 5 heteroatoms. The summed E-state index contributed by atoms with van der Waals surface area (Å²) in [5.41, 5.74) is 4.77. The Morgan fingerprint density at radius 2 is 1.83 bits per heavy atom. The summed E-state index contributed by atoms with van der Waals surface area (Å²) in [6.45, 7) is 6.53. The van der Waals surface area contributed by atoms with Gasteiger partial charge in [-0.1, -0.05) is 12.1 Å². The fourth-order valence-electron chi connectivity index (χ4n) is 4.68. The highest BCUT2D eigenvalue weighted by Crippen LogP contribution is 2.32. The molecule has 0 aliphatic carbocycles. The minimum absolute atomic E-state index is 0.0278. The van der Waals surface area contributed by atoms with E-state index in [4.69, 9.17) is 4.74 Å². The van der Waals surface area contributed by atoms with Crippen LogP contribution in [0.15, 0.2) is 42.5 Å². The number of hydrogen-bond acceptors (Lipinski definition) is 4. The number of fused-ring (bicyclic) bond motifs is 1. The lowest BCUT2D eigenvalue weighted by Gasteiger charge is -2.32. The van der Waals surface area contributed by atoms with Crippen molar-refractivity contribution in [2.75, 3.05) is 44.7 Å². The van der Waals surface area contributed by atoms with E-state index in [-0.39, 0.29) is 11.9 Å². The predicted octanol–water partition coefficient (Wildman–Crippen LogP) is 4.03. The van der Waals surface area contributed by atoms with Crippen molar-refractivity contribution in [3.8, 4) is 5.75 Å². The number of anilines is 1. The van der Waals surface area contributed by atoms with Gasteiger partial charge in [0.1, 0.15) is 5.75 Å². The molecular formula is C25H33N3O2. The zero-order valence-corrected chi connectivity index (χ0v) is 18.2. The van der Waals surface area contributed by atoms with Gasteiger partial charge >= 0.3 is 0 Å². The smallest absolute Gasteiger partial charge is 0.251 e. The summed E-state index contributed by atoms with van der Waals surface area (Å²) in [4.78, 5) is 17.6. The average Bonchev–Trinajstić information content (AvgIpc) is 3.29. The summed E-state index contributed by atoms with van der Waals surface area (Å²) in [7, 11) is 2.17. The molecule has 160 valence electrons. The van der Waals surface area contributed by atoms with Crippen LogP contribution in [0.5, 0.6) is 5.75 Å². The molecule has 1 amide bonds. The van der Waals surface area contributed by atoms with Crippen LogP contribution in [-0.2, 0) is 6.42 Å². The maximum Gasteiger partial charge on any atom is 0.251 e. The standard InChI is InChI=1S/C25H33N3O2/c1-3-30-22-11-8-19(9-12-22)25(29)26-18-24(28-15-4-5-16-28)21-10-13-23-20(17-21)7-6-14-27(23)2/h8-13,17,24H,3-7,14-16,18H2,1-2H3,(H,26,29)/t24-/m1/s1. The van der Waals surface area contributed by atoms with E-state index < -0.39 is 0 Å². The van der Waals surface area contributed by atoms with Gasteiger partial charge in [0.05, 0.1) is 12.6 Å². The highest BCUT2D eigenvalue weighted by molar-refractivity contribution is 5.94. The third-order valence-corrected chi connectivity index (χ3v) is 6.30. The number of hydrogen-bond donors (Lipinski definition) is 1. The number of aryl methyl sites for hydroxylation is 1. The Hall–Kier alpha value is -2.53. The van der Waals surface area contributed by atoms with Gasteiger partial charge in [-0.25, -0.2) is 0 Å². The summed E-state index contributed by atoms with van der Waals surface area (Å²) in [5.74, 6) is 0.767. The Labute approximate surface area is 180 Å². The van der Waals surface area contributed by atoms with Crippen molar-refractivity contribution in [1.82, 2.24) is 10.2 Å². The molecule has 2 aliphatic heterocycles.